The van der Waals surface area contributed by atoms with E-state index in [1.54, 1.807) is 6.92 Å². The van der Waals surface area contributed by atoms with Crippen molar-refractivity contribution in [2.24, 2.45) is 0 Å². The molecule has 0 bridgehead atoms. The minimum Gasteiger partial charge on any atom is -0.335 e. The molecule has 4 heteroatoms. The van der Waals surface area contributed by atoms with E-state index in [0.29, 0.717) is 0 Å². The van der Waals surface area contributed by atoms with Gasteiger partial charge in [-0.2, -0.15) is 0 Å². The molecule has 1 N–H and O–H groups in total. The second kappa shape index (κ2) is 5.52. The summed E-state index contributed by atoms with van der Waals surface area (Å²) in [5.74, 6) is 0.133. The Morgan fingerprint density at radius 1 is 1.35 bits per heavy atom. The molecular formula is C13H17ClN2O. The number of carbonyl (C=O) groups excluding carboxylic acids is 1. The summed E-state index contributed by atoms with van der Waals surface area (Å²) in [6.45, 7) is 4.21. The molecule has 1 aliphatic rings. The second-order valence-electron chi connectivity index (χ2n) is 4.32. The third kappa shape index (κ3) is 2.99. The first kappa shape index (κ1) is 12.4. The molecule has 17 heavy (non-hydrogen) atoms. The SMILES string of the molecule is CC(=O)N1CCNCCC1c1ccc(Cl)cc1. The molecule has 92 valence electrons. The maximum absolute atomic E-state index is 11.7. The summed E-state index contributed by atoms with van der Waals surface area (Å²) < 4.78 is 0. The van der Waals surface area contributed by atoms with Crippen LogP contribution in [0.3, 0.4) is 0 Å². The number of halogens is 1. The largest absolute Gasteiger partial charge is 0.335 e. The van der Waals surface area contributed by atoms with E-state index in [1.807, 2.05) is 29.2 Å². The van der Waals surface area contributed by atoms with Crippen LogP contribution < -0.4 is 5.32 Å². The molecule has 1 amide bonds. The van der Waals surface area contributed by atoms with Crippen molar-refractivity contribution in [2.45, 2.75) is 19.4 Å². The Morgan fingerprint density at radius 3 is 2.71 bits per heavy atom. The van der Waals surface area contributed by atoms with E-state index in [4.69, 9.17) is 11.6 Å². The third-order valence-corrected chi connectivity index (χ3v) is 3.41. The molecule has 0 radical (unpaired) electrons. The number of carbonyl (C=O) groups is 1. The molecule has 3 nitrogen and oxygen atoms in total. The highest BCUT2D eigenvalue weighted by atomic mass is 35.5. The van der Waals surface area contributed by atoms with Crippen molar-refractivity contribution >= 4 is 17.5 Å². The molecule has 0 saturated carbocycles. The van der Waals surface area contributed by atoms with Gasteiger partial charge in [-0.15, -0.1) is 0 Å². The zero-order chi connectivity index (χ0) is 12.3. The van der Waals surface area contributed by atoms with Gasteiger partial charge in [-0.3, -0.25) is 4.79 Å². The van der Waals surface area contributed by atoms with Crippen LogP contribution in [0.15, 0.2) is 24.3 Å². The molecule has 1 heterocycles. The molecule has 0 aliphatic carbocycles. The van der Waals surface area contributed by atoms with Crippen LogP contribution in [0, 0.1) is 0 Å². The Hall–Kier alpha value is -1.06. The smallest absolute Gasteiger partial charge is 0.220 e. The minimum absolute atomic E-state index is 0.133. The van der Waals surface area contributed by atoms with Crippen molar-refractivity contribution in [3.63, 3.8) is 0 Å². The van der Waals surface area contributed by atoms with E-state index in [9.17, 15) is 4.79 Å². The van der Waals surface area contributed by atoms with Gasteiger partial charge in [0.15, 0.2) is 0 Å². The van der Waals surface area contributed by atoms with Crippen molar-refractivity contribution < 1.29 is 4.79 Å². The molecule has 0 spiro atoms. The van der Waals surface area contributed by atoms with Crippen LogP contribution in [-0.4, -0.2) is 30.4 Å². The standard InChI is InChI=1S/C13H17ClN2O/c1-10(17)16-9-8-15-7-6-13(16)11-2-4-12(14)5-3-11/h2-5,13,15H,6-9H2,1H3. The van der Waals surface area contributed by atoms with Crippen LogP contribution in [0.5, 0.6) is 0 Å². The summed E-state index contributed by atoms with van der Waals surface area (Å²) in [7, 11) is 0. The summed E-state index contributed by atoms with van der Waals surface area (Å²) in [6.07, 6.45) is 0.946. The van der Waals surface area contributed by atoms with Crippen LogP contribution in [0.1, 0.15) is 24.9 Å². The van der Waals surface area contributed by atoms with Crippen LogP contribution in [0.4, 0.5) is 0 Å². The normalized spacial score (nSPS) is 21.1. The van der Waals surface area contributed by atoms with Crippen LogP contribution >= 0.6 is 11.6 Å². The van der Waals surface area contributed by atoms with Crippen molar-refractivity contribution in [3.05, 3.63) is 34.9 Å². The molecule has 1 atom stereocenters. The maximum Gasteiger partial charge on any atom is 0.220 e. The minimum atomic E-state index is 0.133. The van der Waals surface area contributed by atoms with E-state index in [1.165, 1.54) is 0 Å². The zero-order valence-electron chi connectivity index (χ0n) is 9.95. The Balaban J connectivity index is 2.25. The number of benzene rings is 1. The average Bonchev–Trinajstić information content (AvgIpc) is 2.55. The molecule has 1 aliphatic heterocycles. The number of nitrogens with one attached hydrogen (secondary N) is 1. The topological polar surface area (TPSA) is 32.3 Å². The first-order valence-electron chi connectivity index (χ1n) is 5.92. The highest BCUT2D eigenvalue weighted by Gasteiger charge is 2.24. The lowest BCUT2D eigenvalue weighted by molar-refractivity contribution is -0.131. The van der Waals surface area contributed by atoms with Crippen molar-refractivity contribution in [3.8, 4) is 0 Å². The lowest BCUT2D eigenvalue weighted by atomic mass is 10.0. The first-order chi connectivity index (χ1) is 8.18. The van der Waals surface area contributed by atoms with Gasteiger partial charge >= 0.3 is 0 Å². The zero-order valence-corrected chi connectivity index (χ0v) is 10.7. The van der Waals surface area contributed by atoms with Gasteiger partial charge in [-0.05, 0) is 30.7 Å². The monoisotopic (exact) mass is 252 g/mol. The van der Waals surface area contributed by atoms with Crippen molar-refractivity contribution in [1.82, 2.24) is 10.2 Å². The molecule has 1 saturated heterocycles. The first-order valence-corrected chi connectivity index (χ1v) is 6.29. The summed E-state index contributed by atoms with van der Waals surface area (Å²) >= 11 is 5.89. The van der Waals surface area contributed by atoms with Crippen molar-refractivity contribution in [1.29, 1.82) is 0 Å². The quantitative estimate of drug-likeness (QED) is 0.831. The molecule has 2 rings (SSSR count). The summed E-state index contributed by atoms with van der Waals surface area (Å²) in [6, 6.07) is 7.95. The second-order valence-corrected chi connectivity index (χ2v) is 4.75. The lowest BCUT2D eigenvalue weighted by Crippen LogP contribution is -2.34. The maximum atomic E-state index is 11.7. The van der Waals surface area contributed by atoms with Gasteiger partial charge in [0.2, 0.25) is 5.91 Å². The van der Waals surface area contributed by atoms with Gasteiger partial charge in [0.05, 0.1) is 6.04 Å². The molecule has 1 aromatic rings. The number of nitrogens with zero attached hydrogens (tertiary/aromatic N) is 1. The fourth-order valence-electron chi connectivity index (χ4n) is 2.28. The van der Waals surface area contributed by atoms with Gasteiger partial charge in [0.1, 0.15) is 0 Å². The Morgan fingerprint density at radius 2 is 2.06 bits per heavy atom. The fraction of sp³-hybridized carbons (Fsp3) is 0.462. The van der Waals surface area contributed by atoms with E-state index >= 15 is 0 Å². The Bertz CT molecular complexity index is 391. The lowest BCUT2D eigenvalue weighted by Gasteiger charge is -2.29. The van der Waals surface area contributed by atoms with Gasteiger partial charge in [0, 0.05) is 25.0 Å². The van der Waals surface area contributed by atoms with Crippen LogP contribution in [0.25, 0.3) is 0 Å². The molecule has 0 aromatic heterocycles. The number of hydrogen-bond donors (Lipinski definition) is 1. The summed E-state index contributed by atoms with van der Waals surface area (Å²) in [4.78, 5) is 13.6. The van der Waals surface area contributed by atoms with Gasteiger partial charge in [0.25, 0.3) is 0 Å². The Labute approximate surface area is 107 Å². The molecular weight excluding hydrogens is 236 g/mol. The predicted molar refractivity (Wildman–Crippen MR) is 69.1 cm³/mol. The third-order valence-electron chi connectivity index (χ3n) is 3.16. The number of rotatable bonds is 1. The highest BCUT2D eigenvalue weighted by Crippen LogP contribution is 2.26. The molecule has 1 unspecified atom stereocenters. The average molecular weight is 253 g/mol. The molecule has 1 aromatic carbocycles. The van der Waals surface area contributed by atoms with E-state index in [0.717, 1.165) is 36.6 Å². The van der Waals surface area contributed by atoms with E-state index in [-0.39, 0.29) is 11.9 Å². The van der Waals surface area contributed by atoms with Gasteiger partial charge in [-0.25, -0.2) is 0 Å². The Kier molecular flexibility index (Phi) is 4.02. The van der Waals surface area contributed by atoms with Gasteiger partial charge < -0.3 is 10.2 Å². The summed E-state index contributed by atoms with van der Waals surface area (Å²) in [5, 5.41) is 4.05. The highest BCUT2D eigenvalue weighted by molar-refractivity contribution is 6.30. The van der Waals surface area contributed by atoms with Crippen LogP contribution in [0.2, 0.25) is 5.02 Å². The van der Waals surface area contributed by atoms with E-state index in [2.05, 4.69) is 5.32 Å². The van der Waals surface area contributed by atoms with Crippen LogP contribution in [-0.2, 0) is 4.79 Å². The number of hydrogen-bond acceptors (Lipinski definition) is 2. The molecule has 1 fully saturated rings. The van der Waals surface area contributed by atoms with E-state index < -0.39 is 0 Å². The number of amides is 1. The fourth-order valence-corrected chi connectivity index (χ4v) is 2.41. The van der Waals surface area contributed by atoms with Gasteiger partial charge in [-0.1, -0.05) is 23.7 Å². The van der Waals surface area contributed by atoms with Crippen molar-refractivity contribution in [2.75, 3.05) is 19.6 Å². The summed E-state index contributed by atoms with van der Waals surface area (Å²) in [5.41, 5.74) is 1.16. The predicted octanol–water partition coefficient (Wildman–Crippen LogP) is 2.22.